The summed E-state index contributed by atoms with van der Waals surface area (Å²) in [5, 5.41) is 12.2. The number of benzene rings is 1. The first-order chi connectivity index (χ1) is 13.7. The fourth-order valence-corrected chi connectivity index (χ4v) is 3.96. The average molecular weight is 415 g/mol. The molecule has 3 heterocycles. The van der Waals surface area contributed by atoms with Crippen molar-refractivity contribution in [3.63, 3.8) is 0 Å². The normalized spacial score (nSPS) is 13.7. The van der Waals surface area contributed by atoms with Crippen molar-refractivity contribution in [2.45, 2.75) is 18.0 Å². The number of pyridine rings is 1. The molecule has 1 aliphatic heterocycles. The van der Waals surface area contributed by atoms with Crippen LogP contribution in [0.5, 0.6) is 0 Å². The molecule has 28 heavy (non-hydrogen) atoms. The lowest BCUT2D eigenvalue weighted by Crippen LogP contribution is -2.19. The van der Waals surface area contributed by atoms with Gasteiger partial charge in [-0.2, -0.15) is 0 Å². The SMILES string of the molecule is O=C(CSc1nncn1-c1cccc(Cl)c1)Nc1ccc(N2CCCC2)nc1. The molecule has 3 aromatic rings. The van der Waals surface area contributed by atoms with Gasteiger partial charge in [-0.25, -0.2) is 4.98 Å². The van der Waals surface area contributed by atoms with E-state index in [1.165, 1.54) is 24.6 Å². The molecule has 0 spiro atoms. The van der Waals surface area contributed by atoms with Gasteiger partial charge >= 0.3 is 0 Å². The summed E-state index contributed by atoms with van der Waals surface area (Å²) >= 11 is 7.36. The summed E-state index contributed by atoms with van der Waals surface area (Å²) in [5.74, 6) is 1.05. The van der Waals surface area contributed by atoms with Crippen LogP contribution in [-0.2, 0) is 4.79 Å². The van der Waals surface area contributed by atoms with Gasteiger partial charge in [0, 0.05) is 18.1 Å². The molecule has 1 fully saturated rings. The summed E-state index contributed by atoms with van der Waals surface area (Å²) in [6.07, 6.45) is 5.71. The molecule has 0 saturated carbocycles. The minimum Gasteiger partial charge on any atom is -0.357 e. The van der Waals surface area contributed by atoms with Crippen LogP contribution in [0.3, 0.4) is 0 Å². The number of nitrogens with zero attached hydrogens (tertiary/aromatic N) is 5. The van der Waals surface area contributed by atoms with Crippen molar-refractivity contribution in [2.24, 2.45) is 0 Å². The van der Waals surface area contributed by atoms with Gasteiger partial charge in [-0.3, -0.25) is 9.36 Å². The van der Waals surface area contributed by atoms with E-state index in [0.717, 1.165) is 24.6 Å². The Labute approximate surface area is 172 Å². The van der Waals surface area contributed by atoms with Crippen LogP contribution in [-0.4, -0.2) is 44.5 Å². The highest BCUT2D eigenvalue weighted by Crippen LogP contribution is 2.22. The highest BCUT2D eigenvalue weighted by Gasteiger charge is 2.14. The Hall–Kier alpha value is -2.58. The second-order valence-corrected chi connectivity index (χ2v) is 7.78. The third-order valence-electron chi connectivity index (χ3n) is 4.40. The van der Waals surface area contributed by atoms with Crippen LogP contribution in [0.15, 0.2) is 54.1 Å². The van der Waals surface area contributed by atoms with Gasteiger partial charge in [0.25, 0.3) is 0 Å². The van der Waals surface area contributed by atoms with Gasteiger partial charge in [0.05, 0.1) is 23.3 Å². The van der Waals surface area contributed by atoms with Crippen molar-refractivity contribution in [2.75, 3.05) is 29.1 Å². The van der Waals surface area contributed by atoms with Crippen molar-refractivity contribution in [1.82, 2.24) is 19.7 Å². The molecule has 0 unspecified atom stereocenters. The van der Waals surface area contributed by atoms with E-state index in [2.05, 4.69) is 25.4 Å². The minimum atomic E-state index is -0.124. The van der Waals surface area contributed by atoms with Gasteiger partial charge in [-0.1, -0.05) is 29.4 Å². The molecule has 0 radical (unpaired) electrons. The zero-order valence-electron chi connectivity index (χ0n) is 15.1. The maximum atomic E-state index is 12.3. The average Bonchev–Trinajstić information content (AvgIpc) is 3.39. The van der Waals surface area contributed by atoms with E-state index in [4.69, 9.17) is 11.6 Å². The molecule has 0 aliphatic carbocycles. The quantitative estimate of drug-likeness (QED) is 0.620. The van der Waals surface area contributed by atoms with Gasteiger partial charge in [-0.15, -0.1) is 10.2 Å². The summed E-state index contributed by atoms with van der Waals surface area (Å²) in [7, 11) is 0. The lowest BCUT2D eigenvalue weighted by atomic mass is 10.3. The summed E-state index contributed by atoms with van der Waals surface area (Å²) in [5.41, 5.74) is 1.53. The summed E-state index contributed by atoms with van der Waals surface area (Å²) in [6.45, 7) is 2.09. The Balaban J connectivity index is 1.34. The first-order valence-electron chi connectivity index (χ1n) is 8.99. The van der Waals surface area contributed by atoms with Crippen LogP contribution in [0.2, 0.25) is 5.02 Å². The summed E-state index contributed by atoms with van der Waals surface area (Å²) < 4.78 is 1.80. The third-order valence-corrected chi connectivity index (χ3v) is 5.58. The fraction of sp³-hybridized carbons (Fsp3) is 0.263. The molecule has 144 valence electrons. The van der Waals surface area contributed by atoms with E-state index in [-0.39, 0.29) is 11.7 Å². The highest BCUT2D eigenvalue weighted by molar-refractivity contribution is 7.99. The van der Waals surface area contributed by atoms with Crippen LogP contribution >= 0.6 is 23.4 Å². The number of aromatic nitrogens is 4. The number of hydrogen-bond donors (Lipinski definition) is 1. The van der Waals surface area contributed by atoms with Crippen LogP contribution in [0.25, 0.3) is 5.69 Å². The largest absolute Gasteiger partial charge is 0.357 e. The molecular formula is C19H19ClN6OS. The summed E-state index contributed by atoms with van der Waals surface area (Å²) in [6, 6.07) is 11.2. The van der Waals surface area contributed by atoms with Gasteiger partial charge in [0.1, 0.15) is 12.1 Å². The first kappa shape index (κ1) is 18.8. The molecule has 4 rings (SSSR count). The molecule has 1 aromatic carbocycles. The number of carbonyl (C=O) groups is 1. The van der Waals surface area contributed by atoms with Crippen molar-refractivity contribution in [3.05, 3.63) is 53.9 Å². The Morgan fingerprint density at radius 1 is 1.21 bits per heavy atom. The number of hydrogen-bond acceptors (Lipinski definition) is 6. The van der Waals surface area contributed by atoms with Crippen molar-refractivity contribution < 1.29 is 4.79 Å². The second-order valence-electron chi connectivity index (χ2n) is 6.40. The topological polar surface area (TPSA) is 75.9 Å². The lowest BCUT2D eigenvalue weighted by molar-refractivity contribution is -0.113. The highest BCUT2D eigenvalue weighted by atomic mass is 35.5. The van der Waals surface area contributed by atoms with E-state index < -0.39 is 0 Å². The van der Waals surface area contributed by atoms with E-state index in [0.29, 0.717) is 15.9 Å². The van der Waals surface area contributed by atoms with Gasteiger partial charge in [-0.05, 0) is 43.2 Å². The smallest absolute Gasteiger partial charge is 0.234 e. The Morgan fingerprint density at radius 3 is 2.82 bits per heavy atom. The zero-order valence-corrected chi connectivity index (χ0v) is 16.7. The van der Waals surface area contributed by atoms with E-state index >= 15 is 0 Å². The minimum absolute atomic E-state index is 0.124. The molecule has 0 atom stereocenters. The zero-order chi connectivity index (χ0) is 19.3. The maximum Gasteiger partial charge on any atom is 0.234 e. The van der Waals surface area contributed by atoms with Crippen molar-refractivity contribution in [3.8, 4) is 5.69 Å². The van der Waals surface area contributed by atoms with Crippen molar-refractivity contribution in [1.29, 1.82) is 0 Å². The predicted molar refractivity (Wildman–Crippen MR) is 111 cm³/mol. The third kappa shape index (κ3) is 4.45. The lowest BCUT2D eigenvalue weighted by Gasteiger charge is -2.16. The number of thioether (sulfide) groups is 1. The molecule has 2 aromatic heterocycles. The summed E-state index contributed by atoms with van der Waals surface area (Å²) in [4.78, 5) is 19.0. The number of rotatable bonds is 6. The van der Waals surface area contributed by atoms with Crippen LogP contribution in [0, 0.1) is 0 Å². The van der Waals surface area contributed by atoms with Gasteiger partial charge < -0.3 is 10.2 Å². The van der Waals surface area contributed by atoms with Gasteiger partial charge in [0.2, 0.25) is 5.91 Å². The molecule has 7 nitrogen and oxygen atoms in total. The Kier molecular flexibility index (Phi) is 5.78. The molecule has 1 aliphatic rings. The molecule has 1 N–H and O–H groups in total. The van der Waals surface area contributed by atoms with E-state index in [9.17, 15) is 4.79 Å². The van der Waals surface area contributed by atoms with E-state index in [1.54, 1.807) is 23.2 Å². The second kappa shape index (κ2) is 8.62. The molecule has 9 heteroatoms. The predicted octanol–water partition coefficient (Wildman–Crippen LogP) is 3.65. The monoisotopic (exact) mass is 414 g/mol. The van der Waals surface area contributed by atoms with Crippen LogP contribution < -0.4 is 10.2 Å². The maximum absolute atomic E-state index is 12.3. The Morgan fingerprint density at radius 2 is 2.07 bits per heavy atom. The van der Waals surface area contributed by atoms with Crippen LogP contribution in [0.1, 0.15) is 12.8 Å². The number of nitrogens with one attached hydrogen (secondary N) is 1. The standard InChI is InChI=1S/C19H19ClN6OS/c20-14-4-3-5-16(10-14)26-13-22-24-19(26)28-12-18(27)23-15-6-7-17(21-11-15)25-8-1-2-9-25/h3-7,10-11,13H,1-2,8-9,12H2,(H,23,27). The molecule has 1 amide bonds. The Bertz CT molecular complexity index is 955. The number of halogens is 1. The molecule has 0 bridgehead atoms. The fourth-order valence-electron chi connectivity index (χ4n) is 3.05. The van der Waals surface area contributed by atoms with Crippen molar-refractivity contribution >= 4 is 40.8 Å². The number of amides is 1. The van der Waals surface area contributed by atoms with E-state index in [1.807, 2.05) is 30.3 Å². The number of carbonyl (C=O) groups excluding carboxylic acids is 1. The molecule has 1 saturated heterocycles. The number of anilines is 2. The van der Waals surface area contributed by atoms with Crippen LogP contribution in [0.4, 0.5) is 11.5 Å². The first-order valence-corrected chi connectivity index (χ1v) is 10.3. The van der Waals surface area contributed by atoms with Gasteiger partial charge in [0.15, 0.2) is 5.16 Å². The molecular weight excluding hydrogens is 396 g/mol.